The van der Waals surface area contributed by atoms with E-state index < -0.39 is 0 Å². The van der Waals surface area contributed by atoms with Crippen LogP contribution in [0.1, 0.15) is 17.5 Å². The lowest BCUT2D eigenvalue weighted by molar-refractivity contribution is -0.115. The van der Waals surface area contributed by atoms with Gasteiger partial charge in [-0.25, -0.2) is 9.37 Å². The SMILES string of the molecule is O=C(Cc1cccc(F)c1)Nc1ccc(N2CCCc3ccccc32)nc1. The van der Waals surface area contributed by atoms with Gasteiger partial charge < -0.3 is 10.2 Å². The van der Waals surface area contributed by atoms with Crippen LogP contribution in [0.5, 0.6) is 0 Å². The second-order valence-electron chi connectivity index (χ2n) is 6.64. The lowest BCUT2D eigenvalue weighted by Crippen LogP contribution is -2.25. The minimum Gasteiger partial charge on any atom is -0.326 e. The Balaban J connectivity index is 1.44. The van der Waals surface area contributed by atoms with Crippen LogP contribution in [0.3, 0.4) is 0 Å². The summed E-state index contributed by atoms with van der Waals surface area (Å²) in [6, 6.07) is 18.2. The summed E-state index contributed by atoms with van der Waals surface area (Å²) in [5, 5.41) is 2.82. The minimum absolute atomic E-state index is 0.124. The van der Waals surface area contributed by atoms with Gasteiger partial charge in [0.2, 0.25) is 5.91 Å². The van der Waals surface area contributed by atoms with E-state index in [1.165, 1.54) is 23.4 Å². The molecule has 0 atom stereocenters. The Hall–Kier alpha value is -3.21. The quantitative estimate of drug-likeness (QED) is 0.745. The van der Waals surface area contributed by atoms with Crippen molar-refractivity contribution in [3.63, 3.8) is 0 Å². The number of hydrogen-bond acceptors (Lipinski definition) is 3. The lowest BCUT2D eigenvalue weighted by atomic mass is 10.0. The zero-order valence-electron chi connectivity index (χ0n) is 14.9. The zero-order chi connectivity index (χ0) is 18.6. The Morgan fingerprint density at radius 1 is 1.11 bits per heavy atom. The third kappa shape index (κ3) is 3.97. The number of aryl methyl sites for hydroxylation is 1. The molecule has 0 saturated carbocycles. The van der Waals surface area contributed by atoms with E-state index >= 15 is 0 Å². The number of rotatable bonds is 4. The van der Waals surface area contributed by atoms with E-state index in [4.69, 9.17) is 0 Å². The fourth-order valence-electron chi connectivity index (χ4n) is 3.43. The number of carbonyl (C=O) groups is 1. The van der Waals surface area contributed by atoms with Crippen molar-refractivity contribution in [2.45, 2.75) is 19.3 Å². The van der Waals surface area contributed by atoms with Gasteiger partial charge in [-0.1, -0.05) is 30.3 Å². The van der Waals surface area contributed by atoms with Crippen LogP contribution in [0.4, 0.5) is 21.6 Å². The second-order valence-corrected chi connectivity index (χ2v) is 6.64. The first kappa shape index (κ1) is 17.2. The number of aromatic nitrogens is 1. The zero-order valence-corrected chi connectivity index (χ0v) is 14.9. The molecule has 27 heavy (non-hydrogen) atoms. The highest BCUT2D eigenvalue weighted by molar-refractivity contribution is 5.92. The first-order chi connectivity index (χ1) is 13.2. The highest BCUT2D eigenvalue weighted by atomic mass is 19.1. The number of benzene rings is 2. The molecular formula is C22H20FN3O. The molecule has 2 heterocycles. The van der Waals surface area contributed by atoms with Crippen molar-refractivity contribution in [1.29, 1.82) is 0 Å². The van der Waals surface area contributed by atoms with Gasteiger partial charge in [-0.3, -0.25) is 4.79 Å². The molecule has 136 valence electrons. The van der Waals surface area contributed by atoms with Crippen LogP contribution in [0.25, 0.3) is 0 Å². The van der Waals surface area contributed by atoms with Crippen LogP contribution in [-0.4, -0.2) is 17.4 Å². The molecule has 4 nitrogen and oxygen atoms in total. The number of para-hydroxylation sites is 1. The van der Waals surface area contributed by atoms with Crippen molar-refractivity contribution in [2.75, 3.05) is 16.8 Å². The second kappa shape index (κ2) is 7.58. The van der Waals surface area contributed by atoms with E-state index in [9.17, 15) is 9.18 Å². The van der Waals surface area contributed by atoms with E-state index in [0.29, 0.717) is 11.3 Å². The van der Waals surface area contributed by atoms with Crippen molar-refractivity contribution >= 4 is 23.1 Å². The van der Waals surface area contributed by atoms with Gasteiger partial charge in [0.05, 0.1) is 18.3 Å². The van der Waals surface area contributed by atoms with Crippen molar-refractivity contribution in [3.05, 3.63) is 83.8 Å². The van der Waals surface area contributed by atoms with Crippen LogP contribution >= 0.6 is 0 Å². The van der Waals surface area contributed by atoms with Crippen LogP contribution in [-0.2, 0) is 17.6 Å². The van der Waals surface area contributed by atoms with Crippen LogP contribution in [0.15, 0.2) is 66.9 Å². The summed E-state index contributed by atoms with van der Waals surface area (Å²) < 4.78 is 13.2. The molecule has 0 saturated heterocycles. The van der Waals surface area contributed by atoms with Crippen molar-refractivity contribution < 1.29 is 9.18 Å². The number of pyridine rings is 1. The predicted molar refractivity (Wildman–Crippen MR) is 105 cm³/mol. The molecule has 1 aliphatic rings. The van der Waals surface area contributed by atoms with Gasteiger partial charge in [0.15, 0.2) is 0 Å². The minimum atomic E-state index is -0.340. The Bertz CT molecular complexity index is 956. The smallest absolute Gasteiger partial charge is 0.228 e. The van der Waals surface area contributed by atoms with Gasteiger partial charge >= 0.3 is 0 Å². The van der Waals surface area contributed by atoms with Crippen LogP contribution < -0.4 is 10.2 Å². The maximum absolute atomic E-state index is 13.2. The number of nitrogens with zero attached hydrogens (tertiary/aromatic N) is 2. The highest BCUT2D eigenvalue weighted by Crippen LogP contribution is 2.32. The van der Waals surface area contributed by atoms with E-state index in [1.54, 1.807) is 18.3 Å². The summed E-state index contributed by atoms with van der Waals surface area (Å²) in [6.45, 7) is 0.926. The van der Waals surface area contributed by atoms with Gasteiger partial charge in [0.25, 0.3) is 0 Å². The first-order valence-electron chi connectivity index (χ1n) is 9.05. The van der Waals surface area contributed by atoms with Crippen molar-refractivity contribution in [3.8, 4) is 0 Å². The van der Waals surface area contributed by atoms with E-state index in [1.807, 2.05) is 18.2 Å². The van der Waals surface area contributed by atoms with E-state index in [-0.39, 0.29) is 18.1 Å². The molecular weight excluding hydrogens is 341 g/mol. The molecule has 1 amide bonds. The molecule has 1 aliphatic heterocycles. The summed E-state index contributed by atoms with van der Waals surface area (Å²) in [6.07, 6.45) is 3.96. The fraction of sp³-hybridized carbons (Fsp3) is 0.182. The number of nitrogens with one attached hydrogen (secondary N) is 1. The third-order valence-electron chi connectivity index (χ3n) is 4.67. The largest absolute Gasteiger partial charge is 0.326 e. The van der Waals surface area contributed by atoms with E-state index in [0.717, 1.165) is 25.2 Å². The van der Waals surface area contributed by atoms with Gasteiger partial charge in [0.1, 0.15) is 11.6 Å². The topological polar surface area (TPSA) is 45.2 Å². The maximum atomic E-state index is 13.2. The highest BCUT2D eigenvalue weighted by Gasteiger charge is 2.18. The Kier molecular flexibility index (Phi) is 4.83. The van der Waals surface area contributed by atoms with Crippen molar-refractivity contribution in [2.24, 2.45) is 0 Å². The third-order valence-corrected chi connectivity index (χ3v) is 4.67. The Morgan fingerprint density at radius 3 is 2.81 bits per heavy atom. The van der Waals surface area contributed by atoms with Gasteiger partial charge in [0, 0.05) is 12.2 Å². The molecule has 3 aromatic rings. The predicted octanol–water partition coefficient (Wildman–Crippen LogP) is 4.49. The number of fused-ring (bicyclic) bond motifs is 1. The van der Waals surface area contributed by atoms with Crippen LogP contribution in [0, 0.1) is 5.82 Å². The number of anilines is 3. The summed E-state index contributed by atoms with van der Waals surface area (Å²) in [7, 11) is 0. The van der Waals surface area contributed by atoms with Gasteiger partial charge in [-0.2, -0.15) is 0 Å². The number of amides is 1. The molecule has 2 aromatic carbocycles. The number of hydrogen-bond donors (Lipinski definition) is 1. The fourth-order valence-corrected chi connectivity index (χ4v) is 3.43. The molecule has 1 N–H and O–H groups in total. The molecule has 4 rings (SSSR count). The number of carbonyl (C=O) groups excluding carboxylic acids is 1. The van der Waals surface area contributed by atoms with Gasteiger partial charge in [-0.15, -0.1) is 0 Å². The monoisotopic (exact) mass is 361 g/mol. The van der Waals surface area contributed by atoms with Gasteiger partial charge in [-0.05, 0) is 54.3 Å². The molecule has 0 aliphatic carbocycles. The lowest BCUT2D eigenvalue weighted by Gasteiger charge is -2.30. The standard InChI is InChI=1S/C22H20FN3O/c23-18-8-3-5-16(13-18)14-22(27)25-19-10-11-21(24-15-19)26-12-4-7-17-6-1-2-9-20(17)26/h1-3,5-6,8-11,13,15H,4,7,12,14H2,(H,25,27). The Labute approximate surface area is 157 Å². The average Bonchev–Trinajstić information content (AvgIpc) is 2.68. The molecule has 0 radical (unpaired) electrons. The maximum Gasteiger partial charge on any atom is 0.228 e. The summed E-state index contributed by atoms with van der Waals surface area (Å²) in [4.78, 5) is 18.9. The van der Waals surface area contributed by atoms with Crippen molar-refractivity contribution in [1.82, 2.24) is 4.98 Å². The molecule has 0 fully saturated rings. The molecule has 0 bridgehead atoms. The normalized spacial score (nSPS) is 13.1. The van der Waals surface area contributed by atoms with Crippen LogP contribution in [0.2, 0.25) is 0 Å². The average molecular weight is 361 g/mol. The summed E-state index contributed by atoms with van der Waals surface area (Å²) >= 11 is 0. The molecule has 5 heteroatoms. The first-order valence-corrected chi connectivity index (χ1v) is 9.05. The van der Waals surface area contributed by atoms with E-state index in [2.05, 4.69) is 33.4 Å². The molecule has 1 aromatic heterocycles. The molecule has 0 unspecified atom stereocenters. The number of halogens is 1. The Morgan fingerprint density at radius 2 is 2.00 bits per heavy atom. The molecule has 0 spiro atoms. The summed E-state index contributed by atoms with van der Waals surface area (Å²) in [5.41, 5.74) is 3.80. The summed E-state index contributed by atoms with van der Waals surface area (Å²) in [5.74, 6) is 0.330.